The molecule has 1 fully saturated rings. The van der Waals surface area contributed by atoms with Gasteiger partial charge >= 0.3 is 0 Å². The maximum atomic E-state index is 13.1. The molecule has 0 radical (unpaired) electrons. The maximum Gasteiger partial charge on any atom is 0.247 e. The number of nitrogens with zero attached hydrogens (tertiary/aromatic N) is 1. The van der Waals surface area contributed by atoms with Crippen molar-refractivity contribution in [3.8, 4) is 0 Å². The predicted molar refractivity (Wildman–Crippen MR) is 92.9 cm³/mol. The predicted octanol–water partition coefficient (Wildman–Crippen LogP) is 3.40. The molecular formula is C20H23FN2O. The Labute approximate surface area is 142 Å². The molecule has 3 atom stereocenters. The Morgan fingerprint density at radius 3 is 2.42 bits per heavy atom. The first kappa shape index (κ1) is 16.7. The van der Waals surface area contributed by atoms with E-state index in [-0.39, 0.29) is 23.7 Å². The molecule has 1 saturated heterocycles. The summed E-state index contributed by atoms with van der Waals surface area (Å²) in [5.41, 5.74) is 7.22. The number of hydrogen-bond acceptors (Lipinski definition) is 2. The van der Waals surface area contributed by atoms with Gasteiger partial charge in [-0.3, -0.25) is 4.79 Å². The van der Waals surface area contributed by atoms with E-state index in [0.717, 1.165) is 17.5 Å². The van der Waals surface area contributed by atoms with Crippen LogP contribution in [0.5, 0.6) is 0 Å². The van der Waals surface area contributed by atoms with Crippen molar-refractivity contribution in [1.82, 2.24) is 4.90 Å². The molecule has 126 valence electrons. The lowest BCUT2D eigenvalue weighted by molar-refractivity contribution is -0.137. The highest BCUT2D eigenvalue weighted by Crippen LogP contribution is 2.34. The molecule has 1 heterocycles. The minimum absolute atomic E-state index is 0.0641. The number of hydrogen-bond donors (Lipinski definition) is 1. The van der Waals surface area contributed by atoms with Gasteiger partial charge in [-0.1, -0.05) is 42.5 Å². The van der Waals surface area contributed by atoms with Crippen molar-refractivity contribution >= 4 is 5.91 Å². The van der Waals surface area contributed by atoms with Gasteiger partial charge in [-0.15, -0.1) is 0 Å². The molecule has 2 N–H and O–H groups in total. The van der Waals surface area contributed by atoms with Crippen molar-refractivity contribution in [3.05, 3.63) is 71.5 Å². The Hall–Kier alpha value is -2.20. The summed E-state index contributed by atoms with van der Waals surface area (Å²) >= 11 is 0. The lowest BCUT2D eigenvalue weighted by Crippen LogP contribution is -2.52. The Balaban J connectivity index is 1.79. The molecule has 2 aromatic carbocycles. The Bertz CT molecular complexity index is 712. The number of nitrogens with two attached hydrogens (primary N) is 1. The molecule has 1 amide bonds. The zero-order chi connectivity index (χ0) is 17.3. The molecule has 3 unspecified atom stereocenters. The fourth-order valence-corrected chi connectivity index (χ4v) is 3.50. The second-order valence-electron chi connectivity index (χ2n) is 6.86. The zero-order valence-corrected chi connectivity index (χ0v) is 14.1. The normalized spacial score (nSPS) is 23.1. The molecule has 0 spiro atoms. The second-order valence-corrected chi connectivity index (χ2v) is 6.86. The summed E-state index contributed by atoms with van der Waals surface area (Å²) < 4.78 is 13.1. The van der Waals surface area contributed by atoms with E-state index in [2.05, 4.69) is 0 Å². The molecule has 0 saturated carbocycles. The van der Waals surface area contributed by atoms with Crippen molar-refractivity contribution in [1.29, 1.82) is 0 Å². The molecule has 3 rings (SSSR count). The highest BCUT2D eigenvalue weighted by Gasteiger charge is 2.41. The van der Waals surface area contributed by atoms with Crippen molar-refractivity contribution in [2.24, 2.45) is 5.73 Å². The number of carbonyl (C=O) groups excluding carboxylic acids is 1. The van der Waals surface area contributed by atoms with Crippen LogP contribution < -0.4 is 5.73 Å². The van der Waals surface area contributed by atoms with Crippen molar-refractivity contribution in [3.63, 3.8) is 0 Å². The van der Waals surface area contributed by atoms with E-state index in [1.807, 2.05) is 42.2 Å². The van der Waals surface area contributed by atoms with Gasteiger partial charge in [-0.2, -0.15) is 0 Å². The monoisotopic (exact) mass is 326 g/mol. The van der Waals surface area contributed by atoms with Crippen LogP contribution in [-0.4, -0.2) is 23.4 Å². The first-order chi connectivity index (χ1) is 11.4. The summed E-state index contributed by atoms with van der Waals surface area (Å²) in [6.07, 6.45) is 0.863. The number of carbonyl (C=O) groups is 1. The van der Waals surface area contributed by atoms with E-state index < -0.39 is 5.54 Å². The fraction of sp³-hybridized carbons (Fsp3) is 0.350. The van der Waals surface area contributed by atoms with Crippen LogP contribution in [0.4, 0.5) is 4.39 Å². The van der Waals surface area contributed by atoms with Gasteiger partial charge in [0.25, 0.3) is 0 Å². The van der Waals surface area contributed by atoms with Gasteiger partial charge in [0.1, 0.15) is 11.4 Å². The van der Waals surface area contributed by atoms with Crippen LogP contribution in [0.25, 0.3) is 0 Å². The van der Waals surface area contributed by atoms with Gasteiger partial charge in [0.05, 0.1) is 0 Å². The topological polar surface area (TPSA) is 46.3 Å². The Morgan fingerprint density at radius 1 is 1.17 bits per heavy atom. The molecule has 0 aliphatic carbocycles. The van der Waals surface area contributed by atoms with E-state index in [0.29, 0.717) is 6.54 Å². The maximum absolute atomic E-state index is 13.1. The van der Waals surface area contributed by atoms with Gasteiger partial charge in [0.15, 0.2) is 0 Å². The molecule has 24 heavy (non-hydrogen) atoms. The number of rotatable bonds is 3. The van der Waals surface area contributed by atoms with E-state index in [1.54, 1.807) is 19.1 Å². The summed E-state index contributed by atoms with van der Waals surface area (Å²) in [5.74, 6) is -0.0849. The fourth-order valence-electron chi connectivity index (χ4n) is 3.50. The largest absolute Gasteiger partial charge is 0.337 e. The van der Waals surface area contributed by atoms with Gasteiger partial charge in [0, 0.05) is 18.5 Å². The van der Waals surface area contributed by atoms with E-state index in [4.69, 9.17) is 5.73 Å². The number of benzene rings is 2. The van der Waals surface area contributed by atoms with Crippen molar-refractivity contribution in [2.75, 3.05) is 6.54 Å². The van der Waals surface area contributed by atoms with Crippen molar-refractivity contribution < 1.29 is 9.18 Å². The molecule has 0 aromatic heterocycles. The second kappa shape index (κ2) is 6.36. The van der Waals surface area contributed by atoms with Gasteiger partial charge in [-0.25, -0.2) is 4.39 Å². The molecule has 2 aromatic rings. The van der Waals surface area contributed by atoms with E-state index >= 15 is 0 Å². The van der Waals surface area contributed by atoms with Crippen LogP contribution in [0.15, 0.2) is 54.6 Å². The molecule has 3 nitrogen and oxygen atoms in total. The third kappa shape index (κ3) is 3.06. The summed E-state index contributed by atoms with van der Waals surface area (Å²) in [6, 6.07) is 16.1. The van der Waals surface area contributed by atoms with Crippen LogP contribution in [0.3, 0.4) is 0 Å². The average molecular weight is 326 g/mol. The molecule has 1 aliphatic heterocycles. The summed E-state index contributed by atoms with van der Waals surface area (Å²) in [6.45, 7) is 4.43. The molecular weight excluding hydrogens is 303 g/mol. The molecule has 1 aliphatic rings. The van der Waals surface area contributed by atoms with Gasteiger partial charge in [-0.05, 0) is 43.5 Å². The summed E-state index contributed by atoms with van der Waals surface area (Å²) in [5, 5.41) is 0. The molecule has 4 heteroatoms. The van der Waals surface area contributed by atoms with Gasteiger partial charge in [0.2, 0.25) is 5.91 Å². The van der Waals surface area contributed by atoms with Crippen LogP contribution in [0, 0.1) is 5.82 Å². The summed E-state index contributed by atoms with van der Waals surface area (Å²) in [7, 11) is 0. The lowest BCUT2D eigenvalue weighted by Gasteiger charge is -2.32. The minimum atomic E-state index is -1.05. The Kier molecular flexibility index (Phi) is 4.41. The van der Waals surface area contributed by atoms with Crippen LogP contribution in [0.1, 0.15) is 37.3 Å². The first-order valence-electron chi connectivity index (χ1n) is 8.30. The SMILES string of the molecule is CC1CC(c2ccc(F)cc2)CN1C(=O)C(C)(N)c1ccccc1. The third-order valence-electron chi connectivity index (χ3n) is 4.99. The standard InChI is InChI=1S/C20H23FN2O/c1-14-12-16(15-8-10-18(21)11-9-15)13-23(14)19(24)20(2,22)17-6-4-3-5-7-17/h3-11,14,16H,12-13,22H2,1-2H3. The van der Waals surface area contributed by atoms with Crippen LogP contribution in [-0.2, 0) is 10.3 Å². The van der Waals surface area contributed by atoms with Crippen molar-refractivity contribution in [2.45, 2.75) is 37.8 Å². The highest BCUT2D eigenvalue weighted by molar-refractivity contribution is 5.87. The quantitative estimate of drug-likeness (QED) is 0.939. The van der Waals surface area contributed by atoms with E-state index in [9.17, 15) is 9.18 Å². The Morgan fingerprint density at radius 2 is 1.79 bits per heavy atom. The van der Waals surface area contributed by atoms with E-state index in [1.165, 1.54) is 12.1 Å². The summed E-state index contributed by atoms with van der Waals surface area (Å²) in [4.78, 5) is 14.9. The third-order valence-corrected chi connectivity index (χ3v) is 4.99. The molecule has 0 bridgehead atoms. The first-order valence-corrected chi connectivity index (χ1v) is 8.30. The van der Waals surface area contributed by atoms with Gasteiger partial charge < -0.3 is 10.6 Å². The minimum Gasteiger partial charge on any atom is -0.337 e. The number of amides is 1. The number of halogens is 1. The van der Waals surface area contributed by atoms with Crippen LogP contribution >= 0.6 is 0 Å². The highest BCUT2D eigenvalue weighted by atomic mass is 19.1. The van der Waals surface area contributed by atoms with Crippen LogP contribution in [0.2, 0.25) is 0 Å². The number of likely N-dealkylation sites (tertiary alicyclic amines) is 1. The smallest absolute Gasteiger partial charge is 0.247 e. The zero-order valence-electron chi connectivity index (χ0n) is 14.1. The average Bonchev–Trinajstić information content (AvgIpc) is 2.97. The lowest BCUT2D eigenvalue weighted by atomic mass is 9.91.